The van der Waals surface area contributed by atoms with E-state index in [1.807, 2.05) is 18.2 Å². The molecular formula is C14H8N4OS2. The highest BCUT2D eigenvalue weighted by Crippen LogP contribution is 2.44. The fraction of sp³-hybridized carbons (Fsp3) is 0. The molecule has 0 saturated heterocycles. The summed E-state index contributed by atoms with van der Waals surface area (Å²) < 4.78 is 0. The molecule has 1 amide bonds. The second kappa shape index (κ2) is 6.80. The number of nitrogens with zero attached hydrogens (tertiary/aromatic N) is 2. The first-order valence-electron chi connectivity index (χ1n) is 5.71. The summed E-state index contributed by atoms with van der Waals surface area (Å²) in [5.74, 6) is -0.401. The summed E-state index contributed by atoms with van der Waals surface area (Å²) in [7, 11) is 0. The first kappa shape index (κ1) is 14.9. The largest absolute Gasteiger partial charge is 0.322 e. The number of carbonyl (C=O) groups is 1. The fourth-order valence-corrected chi connectivity index (χ4v) is 3.35. The molecule has 0 spiro atoms. The van der Waals surface area contributed by atoms with Crippen molar-refractivity contribution < 1.29 is 4.79 Å². The Balaban J connectivity index is 2.28. The molecule has 21 heavy (non-hydrogen) atoms. The molecule has 0 aliphatic carbocycles. The molecule has 0 saturated carbocycles. The summed E-state index contributed by atoms with van der Waals surface area (Å²) in [6.07, 6.45) is 1.02. The van der Waals surface area contributed by atoms with Crippen LogP contribution in [0.4, 0.5) is 5.69 Å². The van der Waals surface area contributed by atoms with Gasteiger partial charge in [0.25, 0.3) is 5.91 Å². The van der Waals surface area contributed by atoms with Crippen LogP contribution in [0.25, 0.3) is 0 Å². The van der Waals surface area contributed by atoms with Gasteiger partial charge in [0.05, 0.1) is 9.81 Å². The summed E-state index contributed by atoms with van der Waals surface area (Å²) in [6.45, 7) is 0. The van der Waals surface area contributed by atoms with Crippen LogP contribution in [-0.4, -0.2) is 12.1 Å². The second-order valence-electron chi connectivity index (χ2n) is 3.74. The molecule has 0 fully saturated rings. The Kier molecular flexibility index (Phi) is 4.83. The fourth-order valence-electron chi connectivity index (χ4n) is 1.51. The molecule has 0 aromatic heterocycles. The summed E-state index contributed by atoms with van der Waals surface area (Å²) in [4.78, 5) is 13.2. The molecule has 1 aliphatic heterocycles. The first-order chi connectivity index (χ1) is 10.2. The molecule has 2 N–H and O–H groups in total. The molecule has 7 heteroatoms. The lowest BCUT2D eigenvalue weighted by molar-refractivity contribution is -0.112. The number of para-hydroxylation sites is 1. The number of anilines is 1. The van der Waals surface area contributed by atoms with E-state index in [1.165, 1.54) is 0 Å². The molecule has 0 radical (unpaired) electrons. The van der Waals surface area contributed by atoms with E-state index in [4.69, 9.17) is 15.9 Å². The first-order valence-corrected chi connectivity index (χ1v) is 7.34. The number of hydrogen-bond acceptors (Lipinski definition) is 6. The minimum absolute atomic E-state index is 0.173. The van der Waals surface area contributed by atoms with Gasteiger partial charge in [-0.05, 0) is 12.1 Å². The third-order valence-electron chi connectivity index (χ3n) is 2.42. The molecule has 2 rings (SSSR count). The quantitative estimate of drug-likeness (QED) is 0.834. The van der Waals surface area contributed by atoms with Crippen molar-refractivity contribution in [1.29, 1.82) is 15.9 Å². The number of rotatable bonds is 3. The van der Waals surface area contributed by atoms with Crippen LogP contribution in [0.5, 0.6) is 0 Å². The lowest BCUT2D eigenvalue weighted by Gasteiger charge is -2.16. The Hall–Kier alpha value is -2.48. The molecule has 1 aromatic carbocycles. The van der Waals surface area contributed by atoms with Crippen molar-refractivity contribution in [2.24, 2.45) is 0 Å². The van der Waals surface area contributed by atoms with Crippen molar-refractivity contribution in [3.63, 3.8) is 0 Å². The molecule has 1 aromatic rings. The molecule has 1 aliphatic rings. The molecule has 1 heterocycles. The van der Waals surface area contributed by atoms with Crippen molar-refractivity contribution in [3.8, 4) is 12.1 Å². The Labute approximate surface area is 129 Å². The van der Waals surface area contributed by atoms with Gasteiger partial charge in [0.2, 0.25) is 0 Å². The molecule has 5 nitrogen and oxygen atoms in total. The normalized spacial score (nSPS) is 14.2. The number of nitriles is 2. The van der Waals surface area contributed by atoms with E-state index in [1.54, 1.807) is 24.3 Å². The van der Waals surface area contributed by atoms with Crippen molar-refractivity contribution in [3.05, 3.63) is 50.0 Å². The minimum atomic E-state index is -0.401. The summed E-state index contributed by atoms with van der Waals surface area (Å²) in [5.41, 5.74) is 0.624. The Morgan fingerprint density at radius 1 is 1.14 bits per heavy atom. The Morgan fingerprint density at radius 3 is 2.33 bits per heavy atom. The Morgan fingerprint density at radius 2 is 1.76 bits per heavy atom. The van der Waals surface area contributed by atoms with Gasteiger partial charge >= 0.3 is 0 Å². The number of amides is 1. The minimum Gasteiger partial charge on any atom is -0.322 e. The highest BCUT2D eigenvalue weighted by molar-refractivity contribution is 8.14. The highest BCUT2D eigenvalue weighted by atomic mass is 32.2. The van der Waals surface area contributed by atoms with E-state index in [-0.39, 0.29) is 14.7 Å². The maximum absolute atomic E-state index is 12.3. The van der Waals surface area contributed by atoms with Crippen molar-refractivity contribution >= 4 is 41.3 Å². The van der Waals surface area contributed by atoms with Gasteiger partial charge in [-0.3, -0.25) is 4.79 Å². The van der Waals surface area contributed by atoms with E-state index in [9.17, 15) is 4.79 Å². The number of allylic oxidation sites excluding steroid dienone is 3. The van der Waals surface area contributed by atoms with E-state index in [0.29, 0.717) is 10.6 Å². The van der Waals surface area contributed by atoms with Gasteiger partial charge in [-0.1, -0.05) is 41.7 Å². The van der Waals surface area contributed by atoms with Crippen LogP contribution in [0.1, 0.15) is 0 Å². The lowest BCUT2D eigenvalue weighted by Crippen LogP contribution is -2.15. The van der Waals surface area contributed by atoms with Gasteiger partial charge in [0.15, 0.2) is 0 Å². The predicted octanol–water partition coefficient (Wildman–Crippen LogP) is 3.23. The smallest absolute Gasteiger partial charge is 0.263 e. The number of hydrogen-bond donors (Lipinski definition) is 2. The SMILES string of the molecule is N#CC1=C(C#N)SC(C(=O)Nc2ccccc2)=C(C=N)S1. The average Bonchev–Trinajstić information content (AvgIpc) is 2.54. The van der Waals surface area contributed by atoms with Crippen LogP contribution in [-0.2, 0) is 4.79 Å². The van der Waals surface area contributed by atoms with Gasteiger partial charge < -0.3 is 10.7 Å². The predicted molar refractivity (Wildman–Crippen MR) is 84.3 cm³/mol. The van der Waals surface area contributed by atoms with Crippen LogP contribution in [0.15, 0.2) is 50.0 Å². The second-order valence-corrected chi connectivity index (χ2v) is 5.82. The molecule has 0 bridgehead atoms. The van der Waals surface area contributed by atoms with E-state index in [0.717, 1.165) is 29.7 Å². The molecule has 0 atom stereocenters. The third kappa shape index (κ3) is 3.34. The van der Waals surface area contributed by atoms with Crippen LogP contribution in [0, 0.1) is 28.1 Å². The number of benzene rings is 1. The van der Waals surface area contributed by atoms with Gasteiger partial charge in [0.1, 0.15) is 21.9 Å². The highest BCUT2D eigenvalue weighted by Gasteiger charge is 2.26. The maximum atomic E-state index is 12.3. The van der Waals surface area contributed by atoms with E-state index < -0.39 is 5.91 Å². The zero-order valence-corrected chi connectivity index (χ0v) is 12.2. The van der Waals surface area contributed by atoms with E-state index >= 15 is 0 Å². The molecule has 102 valence electrons. The summed E-state index contributed by atoms with van der Waals surface area (Å²) in [5, 5.41) is 28.1. The average molecular weight is 312 g/mol. The van der Waals surface area contributed by atoms with Gasteiger partial charge in [0, 0.05) is 11.9 Å². The summed E-state index contributed by atoms with van der Waals surface area (Å²) >= 11 is 1.88. The van der Waals surface area contributed by atoms with Crippen molar-refractivity contribution in [1.82, 2.24) is 0 Å². The van der Waals surface area contributed by atoms with Crippen molar-refractivity contribution in [2.75, 3.05) is 5.32 Å². The third-order valence-corrected chi connectivity index (χ3v) is 4.83. The van der Waals surface area contributed by atoms with Crippen LogP contribution in [0.2, 0.25) is 0 Å². The van der Waals surface area contributed by atoms with Gasteiger partial charge in [-0.15, -0.1) is 0 Å². The van der Waals surface area contributed by atoms with Crippen molar-refractivity contribution in [2.45, 2.75) is 0 Å². The van der Waals surface area contributed by atoms with Gasteiger partial charge in [-0.25, -0.2) is 0 Å². The van der Waals surface area contributed by atoms with Gasteiger partial charge in [-0.2, -0.15) is 10.5 Å². The molecular weight excluding hydrogens is 304 g/mol. The van der Waals surface area contributed by atoms with Crippen LogP contribution < -0.4 is 5.32 Å². The maximum Gasteiger partial charge on any atom is 0.263 e. The number of carbonyl (C=O) groups excluding carboxylic acids is 1. The standard InChI is InChI=1S/C14H8N4OS2/c15-6-10-11(7-16)21-13(12(8-17)20-10)14(19)18-9-4-2-1-3-5-9/h1-5,8,17H,(H,18,19). The zero-order chi connectivity index (χ0) is 15.2. The number of thioether (sulfide) groups is 2. The lowest BCUT2D eigenvalue weighted by atomic mass is 10.3. The van der Waals surface area contributed by atoms with Crippen LogP contribution in [0.3, 0.4) is 0 Å². The topological polar surface area (TPSA) is 101 Å². The monoisotopic (exact) mass is 312 g/mol. The molecule has 0 unspecified atom stereocenters. The zero-order valence-electron chi connectivity index (χ0n) is 10.6. The number of nitrogens with one attached hydrogen (secondary N) is 2. The Bertz CT molecular complexity index is 738. The van der Waals surface area contributed by atoms with E-state index in [2.05, 4.69) is 5.32 Å². The summed E-state index contributed by atoms with van der Waals surface area (Å²) in [6, 6.07) is 12.7. The van der Waals surface area contributed by atoms with Crippen LogP contribution >= 0.6 is 23.5 Å².